The molecular formula is C16H21N5O2. The number of anilines is 2. The second-order valence-electron chi connectivity index (χ2n) is 6.11. The molecule has 0 spiro atoms. The van der Waals surface area contributed by atoms with E-state index in [2.05, 4.69) is 15.5 Å². The molecule has 0 radical (unpaired) electrons. The summed E-state index contributed by atoms with van der Waals surface area (Å²) >= 11 is 0. The van der Waals surface area contributed by atoms with Gasteiger partial charge in [-0.25, -0.2) is 0 Å². The number of nitrogens with one attached hydrogen (secondary N) is 1. The molecule has 0 saturated carbocycles. The van der Waals surface area contributed by atoms with Crippen molar-refractivity contribution in [3.63, 3.8) is 0 Å². The van der Waals surface area contributed by atoms with Gasteiger partial charge in [-0.05, 0) is 31.5 Å². The molecule has 1 aromatic carbocycles. The summed E-state index contributed by atoms with van der Waals surface area (Å²) in [6.07, 6.45) is 1.83. The molecule has 0 fully saturated rings. The summed E-state index contributed by atoms with van der Waals surface area (Å²) in [6, 6.07) is 5.83. The largest absolute Gasteiger partial charge is 0.478 e. The standard InChI is InChI=1S/C16H21N5O2/c1-16(2,22)10-6-7-13-11(8-10)14(18-21(13)4)17-12-9-20(3)19-15(12)23-5/h6-9,22H,1-5H3,(H,17,18). The van der Waals surface area contributed by atoms with E-state index in [9.17, 15) is 5.11 Å². The van der Waals surface area contributed by atoms with Gasteiger partial charge >= 0.3 is 0 Å². The van der Waals surface area contributed by atoms with E-state index >= 15 is 0 Å². The summed E-state index contributed by atoms with van der Waals surface area (Å²) in [4.78, 5) is 0. The van der Waals surface area contributed by atoms with Gasteiger partial charge in [-0.1, -0.05) is 6.07 Å². The van der Waals surface area contributed by atoms with Crippen LogP contribution < -0.4 is 10.1 Å². The fourth-order valence-corrected chi connectivity index (χ4v) is 2.57. The average molecular weight is 315 g/mol. The van der Waals surface area contributed by atoms with E-state index in [4.69, 9.17) is 4.74 Å². The molecule has 0 amide bonds. The number of aromatic nitrogens is 4. The highest BCUT2D eigenvalue weighted by Gasteiger charge is 2.19. The molecule has 7 heteroatoms. The average Bonchev–Trinajstić information content (AvgIpc) is 2.99. The first kappa shape index (κ1) is 15.4. The SMILES string of the molecule is COc1nn(C)cc1Nc1nn(C)c2ccc(C(C)(C)O)cc12. The van der Waals surface area contributed by atoms with Crippen molar-refractivity contribution in [2.45, 2.75) is 19.4 Å². The molecule has 2 aromatic heterocycles. The Bertz CT molecular complexity index is 857. The smallest absolute Gasteiger partial charge is 0.256 e. The predicted octanol–water partition coefficient (Wildman–Crippen LogP) is 2.29. The van der Waals surface area contributed by atoms with Crippen molar-refractivity contribution in [1.82, 2.24) is 19.6 Å². The van der Waals surface area contributed by atoms with Crippen molar-refractivity contribution in [3.05, 3.63) is 30.0 Å². The van der Waals surface area contributed by atoms with Crippen LogP contribution in [0.15, 0.2) is 24.4 Å². The molecule has 7 nitrogen and oxygen atoms in total. The molecule has 0 aliphatic carbocycles. The van der Waals surface area contributed by atoms with Crippen LogP contribution in [0.1, 0.15) is 19.4 Å². The minimum atomic E-state index is -0.909. The zero-order valence-electron chi connectivity index (χ0n) is 14.0. The summed E-state index contributed by atoms with van der Waals surface area (Å²) in [5, 5.41) is 23.2. The van der Waals surface area contributed by atoms with E-state index in [0.717, 1.165) is 22.2 Å². The molecule has 2 N–H and O–H groups in total. The molecule has 3 rings (SSSR count). The number of nitrogens with zero attached hydrogens (tertiary/aromatic N) is 4. The third kappa shape index (κ3) is 2.75. The van der Waals surface area contributed by atoms with Gasteiger partial charge in [-0.15, -0.1) is 5.10 Å². The summed E-state index contributed by atoms with van der Waals surface area (Å²) in [7, 11) is 5.30. The zero-order chi connectivity index (χ0) is 16.8. The zero-order valence-corrected chi connectivity index (χ0v) is 14.0. The van der Waals surface area contributed by atoms with Crippen molar-refractivity contribution in [3.8, 4) is 5.88 Å². The van der Waals surface area contributed by atoms with Crippen molar-refractivity contribution in [1.29, 1.82) is 0 Å². The Balaban J connectivity index is 2.09. The fraction of sp³-hybridized carbons (Fsp3) is 0.375. The van der Waals surface area contributed by atoms with E-state index in [1.807, 2.05) is 38.5 Å². The highest BCUT2D eigenvalue weighted by atomic mass is 16.5. The number of methoxy groups -OCH3 is 1. The second-order valence-corrected chi connectivity index (χ2v) is 6.11. The number of aliphatic hydroxyl groups is 1. The number of rotatable bonds is 4. The number of aryl methyl sites for hydroxylation is 2. The Hall–Kier alpha value is -2.54. The minimum Gasteiger partial charge on any atom is -0.478 e. The van der Waals surface area contributed by atoms with E-state index in [1.54, 1.807) is 30.3 Å². The molecule has 0 atom stereocenters. The molecule has 0 bridgehead atoms. The van der Waals surface area contributed by atoms with Crippen molar-refractivity contribution in [2.24, 2.45) is 14.1 Å². The molecule has 0 aliphatic heterocycles. The summed E-state index contributed by atoms with van der Waals surface area (Å²) in [5.41, 5.74) is 1.64. The summed E-state index contributed by atoms with van der Waals surface area (Å²) in [6.45, 7) is 3.53. The lowest BCUT2D eigenvalue weighted by Crippen LogP contribution is -2.15. The maximum atomic E-state index is 10.2. The maximum absolute atomic E-state index is 10.2. The first-order chi connectivity index (χ1) is 10.8. The van der Waals surface area contributed by atoms with Crippen molar-refractivity contribution < 1.29 is 9.84 Å². The van der Waals surface area contributed by atoms with Crippen molar-refractivity contribution in [2.75, 3.05) is 12.4 Å². The number of hydrogen-bond acceptors (Lipinski definition) is 5. The highest BCUT2D eigenvalue weighted by molar-refractivity contribution is 5.92. The third-order valence-electron chi connectivity index (χ3n) is 3.80. The van der Waals surface area contributed by atoms with Gasteiger partial charge in [0.15, 0.2) is 5.82 Å². The predicted molar refractivity (Wildman–Crippen MR) is 89.0 cm³/mol. The van der Waals surface area contributed by atoms with Crippen LogP contribution in [0.25, 0.3) is 10.9 Å². The number of fused-ring (bicyclic) bond motifs is 1. The van der Waals surface area contributed by atoms with Gasteiger partial charge in [0.1, 0.15) is 5.69 Å². The highest BCUT2D eigenvalue weighted by Crippen LogP contribution is 2.32. The molecule has 0 unspecified atom stereocenters. The number of benzene rings is 1. The second kappa shape index (κ2) is 5.27. The van der Waals surface area contributed by atoms with Gasteiger partial charge in [0.2, 0.25) is 0 Å². The Morgan fingerprint density at radius 1 is 1.22 bits per heavy atom. The molecule has 0 saturated heterocycles. The summed E-state index contributed by atoms with van der Waals surface area (Å²) < 4.78 is 8.74. The molecule has 122 valence electrons. The molecular weight excluding hydrogens is 294 g/mol. The summed E-state index contributed by atoms with van der Waals surface area (Å²) in [5.74, 6) is 1.20. The van der Waals surface area contributed by atoms with E-state index in [0.29, 0.717) is 11.7 Å². The maximum Gasteiger partial charge on any atom is 0.256 e. The monoisotopic (exact) mass is 315 g/mol. The Morgan fingerprint density at radius 2 is 1.96 bits per heavy atom. The van der Waals surface area contributed by atoms with Crippen LogP contribution in [0.3, 0.4) is 0 Å². The van der Waals surface area contributed by atoms with E-state index in [-0.39, 0.29) is 0 Å². The lowest BCUT2D eigenvalue weighted by Gasteiger charge is -2.17. The third-order valence-corrected chi connectivity index (χ3v) is 3.80. The molecule has 23 heavy (non-hydrogen) atoms. The lowest BCUT2D eigenvalue weighted by molar-refractivity contribution is 0.0787. The first-order valence-electron chi connectivity index (χ1n) is 7.34. The van der Waals surface area contributed by atoms with Crippen LogP contribution in [0.5, 0.6) is 5.88 Å². The van der Waals surface area contributed by atoms with Crippen LogP contribution in [-0.2, 0) is 19.7 Å². The van der Waals surface area contributed by atoms with Gasteiger partial charge < -0.3 is 15.2 Å². The van der Waals surface area contributed by atoms with Gasteiger partial charge in [0, 0.05) is 19.5 Å². The fourth-order valence-electron chi connectivity index (χ4n) is 2.57. The topological polar surface area (TPSA) is 77.1 Å². The first-order valence-corrected chi connectivity index (χ1v) is 7.34. The molecule has 2 heterocycles. The van der Waals surface area contributed by atoms with Crippen LogP contribution >= 0.6 is 0 Å². The molecule has 3 aromatic rings. The minimum absolute atomic E-state index is 0.505. The van der Waals surface area contributed by atoms with E-state index < -0.39 is 5.60 Å². The van der Waals surface area contributed by atoms with Gasteiger partial charge in [-0.2, -0.15) is 5.10 Å². The molecule has 0 aliphatic rings. The van der Waals surface area contributed by atoms with Crippen molar-refractivity contribution >= 4 is 22.4 Å². The Morgan fingerprint density at radius 3 is 2.61 bits per heavy atom. The number of ether oxygens (including phenoxy) is 1. The lowest BCUT2D eigenvalue weighted by atomic mass is 9.97. The van der Waals surface area contributed by atoms with E-state index in [1.165, 1.54) is 0 Å². The van der Waals surface area contributed by atoms with Crippen LogP contribution in [0.2, 0.25) is 0 Å². The number of hydrogen-bond donors (Lipinski definition) is 2. The Kier molecular flexibility index (Phi) is 3.52. The van der Waals surface area contributed by atoms with Crippen LogP contribution in [-0.4, -0.2) is 31.8 Å². The Labute approximate surface area is 134 Å². The quantitative estimate of drug-likeness (QED) is 0.772. The normalized spacial score (nSPS) is 11.9. The van der Waals surface area contributed by atoms with Gasteiger partial charge in [0.25, 0.3) is 5.88 Å². The van der Waals surface area contributed by atoms with Crippen LogP contribution in [0, 0.1) is 0 Å². The van der Waals surface area contributed by atoms with Crippen LogP contribution in [0.4, 0.5) is 11.5 Å². The van der Waals surface area contributed by atoms with Gasteiger partial charge in [0.05, 0.1) is 24.4 Å². The van der Waals surface area contributed by atoms with Gasteiger partial charge in [-0.3, -0.25) is 9.36 Å².